The molecule has 6 rings (SSSR count). The molecular formula is C25H23ClF6N6O. The summed E-state index contributed by atoms with van der Waals surface area (Å²) in [5, 5.41) is 9.07. The van der Waals surface area contributed by atoms with E-state index >= 15 is 0 Å². The number of halogens is 7. The first-order chi connectivity index (χ1) is 18.3. The first-order valence-corrected chi connectivity index (χ1v) is 12.6. The van der Waals surface area contributed by atoms with Gasteiger partial charge in [-0.2, -0.15) is 26.3 Å². The van der Waals surface area contributed by atoms with E-state index < -0.39 is 24.6 Å². The zero-order valence-corrected chi connectivity index (χ0v) is 21.4. The minimum absolute atomic E-state index is 0.00228. The molecular weight excluding hydrogens is 550 g/mol. The molecule has 1 saturated carbocycles. The second-order valence-electron chi connectivity index (χ2n) is 10.5. The number of hydrogen-bond acceptors (Lipinski definition) is 6. The Kier molecular flexibility index (Phi) is 6.03. The van der Waals surface area contributed by atoms with Gasteiger partial charge in [-0.15, -0.1) is 10.2 Å². The molecule has 0 N–H and O–H groups in total. The highest BCUT2D eigenvalue weighted by molar-refractivity contribution is 6.30. The van der Waals surface area contributed by atoms with Gasteiger partial charge in [-0.05, 0) is 48.7 Å². The molecule has 2 fully saturated rings. The maximum Gasteiger partial charge on any atom is 0.433 e. The van der Waals surface area contributed by atoms with Gasteiger partial charge in [0, 0.05) is 36.0 Å². The molecule has 2 aromatic heterocycles. The number of aromatic nitrogens is 4. The summed E-state index contributed by atoms with van der Waals surface area (Å²) in [6.07, 6.45) is -7.49. The third-order valence-corrected chi connectivity index (χ3v) is 7.86. The molecule has 2 aliphatic heterocycles. The van der Waals surface area contributed by atoms with E-state index in [0.717, 1.165) is 18.9 Å². The number of fused-ring (bicyclic) bond motifs is 3. The summed E-state index contributed by atoms with van der Waals surface area (Å²) < 4.78 is 86.5. The molecule has 4 heterocycles. The summed E-state index contributed by atoms with van der Waals surface area (Å²) in [6.45, 7) is -0.0168. The Labute approximate surface area is 224 Å². The van der Waals surface area contributed by atoms with E-state index in [4.69, 9.17) is 16.3 Å². The van der Waals surface area contributed by atoms with Crippen LogP contribution in [0.4, 0.5) is 32.2 Å². The highest BCUT2D eigenvalue weighted by atomic mass is 35.5. The van der Waals surface area contributed by atoms with Gasteiger partial charge in [0.05, 0.1) is 25.9 Å². The lowest BCUT2D eigenvalue weighted by molar-refractivity contribution is -0.148. The van der Waals surface area contributed by atoms with Crippen LogP contribution in [0.5, 0.6) is 5.75 Å². The van der Waals surface area contributed by atoms with Crippen LogP contribution in [0.1, 0.15) is 41.7 Å². The van der Waals surface area contributed by atoms with Gasteiger partial charge in [0.1, 0.15) is 11.5 Å². The molecule has 1 spiro atoms. The van der Waals surface area contributed by atoms with Crippen LogP contribution in [-0.2, 0) is 19.3 Å². The van der Waals surface area contributed by atoms with Crippen LogP contribution >= 0.6 is 11.6 Å². The summed E-state index contributed by atoms with van der Waals surface area (Å²) in [5.74, 6) is 1.52. The van der Waals surface area contributed by atoms with Crippen molar-refractivity contribution in [1.82, 2.24) is 24.6 Å². The van der Waals surface area contributed by atoms with Crippen molar-refractivity contribution in [2.45, 2.75) is 44.2 Å². The molecule has 0 atom stereocenters. The highest BCUT2D eigenvalue weighted by Gasteiger charge is 2.55. The van der Waals surface area contributed by atoms with Crippen molar-refractivity contribution in [3.05, 3.63) is 58.3 Å². The quantitative estimate of drug-likeness (QED) is 0.379. The second-order valence-corrected chi connectivity index (χ2v) is 11.0. The van der Waals surface area contributed by atoms with Gasteiger partial charge in [-0.3, -0.25) is 9.47 Å². The molecule has 0 unspecified atom stereocenters. The number of anilines is 1. The third kappa shape index (κ3) is 4.79. The number of pyridine rings is 1. The fourth-order valence-corrected chi connectivity index (χ4v) is 6.23. The van der Waals surface area contributed by atoms with Gasteiger partial charge in [0.15, 0.2) is 17.4 Å². The van der Waals surface area contributed by atoms with E-state index in [1.807, 2.05) is 4.57 Å². The number of benzene rings is 1. The summed E-state index contributed by atoms with van der Waals surface area (Å²) in [6, 6.07) is 7.30. The van der Waals surface area contributed by atoms with Gasteiger partial charge >= 0.3 is 12.4 Å². The molecule has 1 aliphatic carbocycles. The van der Waals surface area contributed by atoms with Gasteiger partial charge < -0.3 is 9.64 Å². The van der Waals surface area contributed by atoms with Crippen LogP contribution in [0, 0.1) is 5.41 Å². The summed E-state index contributed by atoms with van der Waals surface area (Å²) in [4.78, 5) is 6.87. The monoisotopic (exact) mass is 572 g/mol. The van der Waals surface area contributed by atoms with E-state index in [0.29, 0.717) is 41.0 Å². The van der Waals surface area contributed by atoms with Gasteiger partial charge in [-0.25, -0.2) is 4.98 Å². The fraction of sp³-hybridized carbons (Fsp3) is 0.480. The van der Waals surface area contributed by atoms with Gasteiger partial charge in [-0.1, -0.05) is 11.6 Å². The molecule has 1 aromatic carbocycles. The molecule has 1 saturated heterocycles. The van der Waals surface area contributed by atoms with Crippen LogP contribution in [0.2, 0.25) is 5.02 Å². The van der Waals surface area contributed by atoms with Crippen molar-refractivity contribution >= 4 is 17.4 Å². The summed E-state index contributed by atoms with van der Waals surface area (Å²) in [7, 11) is 1.39. The topological polar surface area (TPSA) is 59.3 Å². The molecule has 7 nitrogen and oxygen atoms in total. The largest absolute Gasteiger partial charge is 0.493 e. The lowest BCUT2D eigenvalue weighted by Gasteiger charge is -2.59. The third-order valence-electron chi connectivity index (χ3n) is 7.63. The average Bonchev–Trinajstić information content (AvgIpc) is 3.11. The Hall–Kier alpha value is -3.06. The zero-order valence-electron chi connectivity index (χ0n) is 20.7. The SMILES string of the molecule is COc1ccc(C(F)(F)F)nc1N1CC2(CC(c3nnc4n3-c3ccc(Cl)cc3CN(CC(F)(F)F)C4)C2)C1. The number of ether oxygens (including phenoxy) is 1. The van der Waals surface area contributed by atoms with E-state index in [2.05, 4.69) is 15.2 Å². The summed E-state index contributed by atoms with van der Waals surface area (Å²) in [5.41, 5.74) is 0.259. The number of alkyl halides is 6. The molecule has 3 aliphatic rings. The van der Waals surface area contributed by atoms with Crippen LogP contribution in [0.25, 0.3) is 5.69 Å². The van der Waals surface area contributed by atoms with Gasteiger partial charge in [0.25, 0.3) is 0 Å². The second kappa shape index (κ2) is 8.98. The van der Waals surface area contributed by atoms with Crippen LogP contribution < -0.4 is 9.64 Å². The van der Waals surface area contributed by atoms with Crippen molar-refractivity contribution in [3.8, 4) is 11.4 Å². The molecule has 208 valence electrons. The molecule has 0 bridgehead atoms. The Morgan fingerprint density at radius 2 is 1.77 bits per heavy atom. The predicted molar refractivity (Wildman–Crippen MR) is 129 cm³/mol. The lowest BCUT2D eigenvalue weighted by Crippen LogP contribution is -2.62. The maximum atomic E-state index is 13.2. The van der Waals surface area contributed by atoms with E-state index in [1.165, 1.54) is 18.1 Å². The first kappa shape index (κ1) is 26.2. The fourth-order valence-electron chi connectivity index (χ4n) is 6.04. The smallest absolute Gasteiger partial charge is 0.433 e. The maximum absolute atomic E-state index is 13.2. The Morgan fingerprint density at radius 1 is 1.03 bits per heavy atom. The molecule has 3 aromatic rings. The van der Waals surface area contributed by atoms with Crippen molar-refractivity contribution in [2.75, 3.05) is 31.6 Å². The Bertz CT molecular complexity index is 1410. The summed E-state index contributed by atoms with van der Waals surface area (Å²) >= 11 is 6.17. The van der Waals surface area contributed by atoms with E-state index in [1.54, 1.807) is 23.1 Å². The number of methoxy groups -OCH3 is 1. The molecule has 39 heavy (non-hydrogen) atoms. The van der Waals surface area contributed by atoms with E-state index in [9.17, 15) is 26.3 Å². The van der Waals surface area contributed by atoms with Crippen molar-refractivity contribution in [1.29, 1.82) is 0 Å². The van der Waals surface area contributed by atoms with Gasteiger partial charge in [0.2, 0.25) is 0 Å². The van der Waals surface area contributed by atoms with Crippen LogP contribution in [0.3, 0.4) is 0 Å². The van der Waals surface area contributed by atoms with E-state index in [-0.39, 0.29) is 36.0 Å². The lowest BCUT2D eigenvalue weighted by atomic mass is 9.57. The minimum Gasteiger partial charge on any atom is -0.493 e. The molecule has 0 amide bonds. The normalized spacial score (nSPS) is 19.2. The van der Waals surface area contributed by atoms with Crippen molar-refractivity contribution in [3.63, 3.8) is 0 Å². The predicted octanol–water partition coefficient (Wildman–Crippen LogP) is 5.61. The Balaban J connectivity index is 1.22. The van der Waals surface area contributed by atoms with Crippen LogP contribution in [0.15, 0.2) is 30.3 Å². The highest BCUT2D eigenvalue weighted by Crippen LogP contribution is 2.57. The Morgan fingerprint density at radius 3 is 2.44 bits per heavy atom. The standard InChI is InChI=1S/C25H23ClF6N6O/c1-39-18-4-5-19(25(30,31)32)33-22(18)37-11-23(12-37)7-15(8-23)21-35-34-20-10-36(13-24(27,28)29)9-14-6-16(26)2-3-17(14)38(20)21/h2-6,15H,7-13H2,1H3. The van der Waals surface area contributed by atoms with Crippen LogP contribution in [-0.4, -0.2) is 57.6 Å². The number of hydrogen-bond donors (Lipinski definition) is 0. The first-order valence-electron chi connectivity index (χ1n) is 12.2. The molecule has 0 radical (unpaired) electrons. The minimum atomic E-state index is -4.56. The average molecular weight is 573 g/mol. The molecule has 14 heteroatoms. The number of rotatable bonds is 4. The van der Waals surface area contributed by atoms with Crippen molar-refractivity contribution < 1.29 is 31.1 Å². The number of nitrogens with zero attached hydrogens (tertiary/aromatic N) is 6. The van der Waals surface area contributed by atoms with Crippen molar-refractivity contribution in [2.24, 2.45) is 5.41 Å². The zero-order chi connectivity index (χ0) is 27.7.